The Morgan fingerprint density at radius 3 is 2.38 bits per heavy atom. The van der Waals surface area contributed by atoms with E-state index in [1.165, 1.54) is 51.4 Å². The molecule has 0 saturated carbocycles. The van der Waals surface area contributed by atoms with Crippen molar-refractivity contribution >= 4 is 5.97 Å². The Kier molecular flexibility index (Phi) is 10.6. The number of hydrogen-bond acceptors (Lipinski definition) is 3. The zero-order chi connectivity index (χ0) is 15.3. The summed E-state index contributed by atoms with van der Waals surface area (Å²) in [6.07, 6.45) is 13.1. The van der Waals surface area contributed by atoms with Crippen LogP contribution in [-0.4, -0.2) is 37.1 Å². The van der Waals surface area contributed by atoms with E-state index in [4.69, 9.17) is 4.74 Å². The quantitative estimate of drug-likeness (QED) is 0.418. The van der Waals surface area contributed by atoms with Gasteiger partial charge in [-0.3, -0.25) is 4.79 Å². The number of nitrogens with zero attached hydrogens (tertiary/aromatic N) is 1. The maximum Gasteiger partial charge on any atom is 0.310 e. The molecule has 0 radical (unpaired) electrons. The Hall–Kier alpha value is -0.570. The second kappa shape index (κ2) is 12.0. The van der Waals surface area contributed by atoms with E-state index in [-0.39, 0.29) is 11.9 Å². The number of carbonyl (C=O) groups excluding carboxylic acids is 1. The van der Waals surface area contributed by atoms with Crippen LogP contribution in [0.2, 0.25) is 0 Å². The van der Waals surface area contributed by atoms with Crippen molar-refractivity contribution in [2.45, 2.75) is 78.1 Å². The van der Waals surface area contributed by atoms with E-state index in [1.807, 2.05) is 6.92 Å². The smallest absolute Gasteiger partial charge is 0.310 e. The van der Waals surface area contributed by atoms with Crippen LogP contribution in [0, 0.1) is 5.92 Å². The summed E-state index contributed by atoms with van der Waals surface area (Å²) < 4.78 is 5.15. The number of rotatable bonds is 11. The van der Waals surface area contributed by atoms with E-state index >= 15 is 0 Å². The van der Waals surface area contributed by atoms with Gasteiger partial charge in [-0.15, -0.1) is 0 Å². The van der Waals surface area contributed by atoms with Gasteiger partial charge in [-0.05, 0) is 39.3 Å². The molecule has 1 saturated heterocycles. The summed E-state index contributed by atoms with van der Waals surface area (Å²) in [5.74, 6) is 0.130. The van der Waals surface area contributed by atoms with Crippen LogP contribution in [-0.2, 0) is 9.53 Å². The van der Waals surface area contributed by atoms with Crippen molar-refractivity contribution in [1.82, 2.24) is 4.90 Å². The number of hydrogen-bond donors (Lipinski definition) is 0. The minimum Gasteiger partial charge on any atom is -0.466 e. The lowest BCUT2D eigenvalue weighted by atomic mass is 9.98. The van der Waals surface area contributed by atoms with Crippen LogP contribution in [0.25, 0.3) is 0 Å². The van der Waals surface area contributed by atoms with Crippen LogP contribution in [0.15, 0.2) is 0 Å². The van der Waals surface area contributed by atoms with Gasteiger partial charge in [0, 0.05) is 6.54 Å². The largest absolute Gasteiger partial charge is 0.466 e. The highest BCUT2D eigenvalue weighted by atomic mass is 16.5. The van der Waals surface area contributed by atoms with Gasteiger partial charge < -0.3 is 9.64 Å². The number of likely N-dealkylation sites (tertiary alicyclic amines) is 1. The molecule has 0 aromatic heterocycles. The fourth-order valence-electron chi connectivity index (χ4n) is 3.18. The standard InChI is InChI=1S/C18H35NO2/c1-3-5-6-7-8-9-10-11-14-19-15-12-13-17(16-19)18(20)21-4-2/h17H,3-16H2,1-2H3/t17-/m1/s1. The molecule has 0 N–H and O–H groups in total. The van der Waals surface area contributed by atoms with Gasteiger partial charge in [0.1, 0.15) is 0 Å². The first-order valence-electron chi connectivity index (χ1n) is 9.16. The third-order valence-electron chi connectivity index (χ3n) is 4.45. The Morgan fingerprint density at radius 2 is 1.71 bits per heavy atom. The van der Waals surface area contributed by atoms with Crippen molar-refractivity contribution in [2.75, 3.05) is 26.2 Å². The highest BCUT2D eigenvalue weighted by Gasteiger charge is 2.26. The molecule has 1 fully saturated rings. The molecule has 0 aliphatic carbocycles. The highest BCUT2D eigenvalue weighted by molar-refractivity contribution is 5.72. The molecule has 0 unspecified atom stereocenters. The first-order valence-corrected chi connectivity index (χ1v) is 9.16. The van der Waals surface area contributed by atoms with Gasteiger partial charge in [0.2, 0.25) is 0 Å². The Morgan fingerprint density at radius 1 is 1.05 bits per heavy atom. The van der Waals surface area contributed by atoms with Gasteiger partial charge in [-0.1, -0.05) is 51.9 Å². The van der Waals surface area contributed by atoms with Gasteiger partial charge in [0.05, 0.1) is 12.5 Å². The summed E-state index contributed by atoms with van der Waals surface area (Å²) in [6.45, 7) is 7.89. The van der Waals surface area contributed by atoms with Crippen LogP contribution in [0.5, 0.6) is 0 Å². The van der Waals surface area contributed by atoms with E-state index < -0.39 is 0 Å². The first-order chi connectivity index (χ1) is 10.3. The molecule has 0 amide bonds. The minimum atomic E-state index is 0.0122. The lowest BCUT2D eigenvalue weighted by Gasteiger charge is -2.31. The minimum absolute atomic E-state index is 0.0122. The van der Waals surface area contributed by atoms with Crippen LogP contribution in [0.4, 0.5) is 0 Å². The summed E-state index contributed by atoms with van der Waals surface area (Å²) >= 11 is 0. The fourth-order valence-corrected chi connectivity index (χ4v) is 3.18. The average molecular weight is 297 g/mol. The van der Waals surface area contributed by atoms with Crippen molar-refractivity contribution in [3.8, 4) is 0 Å². The van der Waals surface area contributed by atoms with Gasteiger partial charge in [0.25, 0.3) is 0 Å². The summed E-state index contributed by atoms with van der Waals surface area (Å²) in [7, 11) is 0. The van der Waals surface area contributed by atoms with E-state index in [1.54, 1.807) is 0 Å². The zero-order valence-corrected chi connectivity index (χ0v) is 14.2. The molecule has 1 atom stereocenters. The molecule has 0 aromatic rings. The molecule has 0 spiro atoms. The molecule has 1 rings (SSSR count). The highest BCUT2D eigenvalue weighted by Crippen LogP contribution is 2.18. The fraction of sp³-hybridized carbons (Fsp3) is 0.944. The zero-order valence-electron chi connectivity index (χ0n) is 14.2. The summed E-state index contributed by atoms with van der Waals surface area (Å²) in [4.78, 5) is 14.3. The topological polar surface area (TPSA) is 29.5 Å². The van der Waals surface area contributed by atoms with Gasteiger partial charge in [-0.25, -0.2) is 0 Å². The van der Waals surface area contributed by atoms with Crippen molar-refractivity contribution < 1.29 is 9.53 Å². The molecular weight excluding hydrogens is 262 g/mol. The number of esters is 1. The molecule has 3 heteroatoms. The van der Waals surface area contributed by atoms with Crippen molar-refractivity contribution in [1.29, 1.82) is 0 Å². The van der Waals surface area contributed by atoms with Crippen molar-refractivity contribution in [2.24, 2.45) is 5.92 Å². The molecule has 0 aromatic carbocycles. The van der Waals surface area contributed by atoms with Crippen LogP contribution in [0.1, 0.15) is 78.1 Å². The lowest BCUT2D eigenvalue weighted by Crippen LogP contribution is -2.39. The second-order valence-corrected chi connectivity index (χ2v) is 6.37. The molecule has 1 aliphatic heterocycles. The number of unbranched alkanes of at least 4 members (excludes halogenated alkanes) is 7. The SMILES string of the molecule is CCCCCCCCCCN1CCC[C@@H](C(=O)OCC)C1. The maximum absolute atomic E-state index is 11.8. The Labute approximate surface area is 131 Å². The number of ether oxygens (including phenoxy) is 1. The summed E-state index contributed by atoms with van der Waals surface area (Å²) in [5.41, 5.74) is 0. The van der Waals surface area contributed by atoms with Crippen molar-refractivity contribution in [3.63, 3.8) is 0 Å². The third-order valence-corrected chi connectivity index (χ3v) is 4.45. The van der Waals surface area contributed by atoms with Gasteiger partial charge in [-0.2, -0.15) is 0 Å². The Bertz CT molecular complexity index is 268. The van der Waals surface area contributed by atoms with E-state index in [0.717, 1.165) is 32.5 Å². The normalized spacial score (nSPS) is 19.6. The van der Waals surface area contributed by atoms with E-state index in [2.05, 4.69) is 11.8 Å². The summed E-state index contributed by atoms with van der Waals surface area (Å²) in [6, 6.07) is 0. The Balaban J connectivity index is 2.03. The molecule has 124 valence electrons. The van der Waals surface area contributed by atoms with Gasteiger partial charge in [0.15, 0.2) is 0 Å². The average Bonchev–Trinajstić information content (AvgIpc) is 2.50. The van der Waals surface area contributed by atoms with Crippen molar-refractivity contribution in [3.05, 3.63) is 0 Å². The lowest BCUT2D eigenvalue weighted by molar-refractivity contribution is -0.149. The molecular formula is C18H35NO2. The van der Waals surface area contributed by atoms with E-state index in [0.29, 0.717) is 6.61 Å². The van der Waals surface area contributed by atoms with Gasteiger partial charge >= 0.3 is 5.97 Å². The maximum atomic E-state index is 11.8. The molecule has 21 heavy (non-hydrogen) atoms. The molecule has 1 heterocycles. The predicted octanol–water partition coefficient (Wildman–Crippen LogP) is 4.40. The third kappa shape index (κ3) is 8.45. The predicted molar refractivity (Wildman–Crippen MR) is 88.4 cm³/mol. The van der Waals surface area contributed by atoms with Crippen LogP contribution in [0.3, 0.4) is 0 Å². The molecule has 1 aliphatic rings. The monoisotopic (exact) mass is 297 g/mol. The van der Waals surface area contributed by atoms with Crippen LogP contribution < -0.4 is 0 Å². The summed E-state index contributed by atoms with van der Waals surface area (Å²) in [5, 5.41) is 0. The van der Waals surface area contributed by atoms with Crippen LogP contribution >= 0.6 is 0 Å². The number of carbonyl (C=O) groups is 1. The second-order valence-electron chi connectivity index (χ2n) is 6.37. The van der Waals surface area contributed by atoms with E-state index in [9.17, 15) is 4.79 Å². The first kappa shape index (κ1) is 18.5. The molecule has 0 bridgehead atoms. The molecule has 3 nitrogen and oxygen atoms in total. The number of piperidine rings is 1.